The van der Waals surface area contributed by atoms with Crippen molar-refractivity contribution >= 4 is 21.7 Å². The van der Waals surface area contributed by atoms with E-state index in [0.29, 0.717) is 5.56 Å². The topological polar surface area (TPSA) is 40.9 Å². The summed E-state index contributed by atoms with van der Waals surface area (Å²) < 4.78 is 13.1. The lowest BCUT2D eigenvalue weighted by Crippen LogP contribution is -2.30. The van der Waals surface area contributed by atoms with Crippen LogP contribution in [0.25, 0.3) is 0 Å². The molecule has 0 aromatic heterocycles. The number of carbonyl (C=O) groups excluding carboxylic acids is 1. The van der Waals surface area contributed by atoms with Crippen molar-refractivity contribution in [1.82, 2.24) is 0 Å². The average molecular weight is 284 g/mol. The predicted octanol–water partition coefficient (Wildman–Crippen LogP) is 2.94. The van der Waals surface area contributed by atoms with Crippen molar-refractivity contribution in [3.63, 3.8) is 0 Å². The van der Waals surface area contributed by atoms with Gasteiger partial charge < -0.3 is 0 Å². The van der Waals surface area contributed by atoms with Gasteiger partial charge in [-0.25, -0.2) is 4.39 Å². The molecule has 0 saturated carbocycles. The van der Waals surface area contributed by atoms with Crippen molar-refractivity contribution in [2.75, 3.05) is 5.33 Å². The number of nitrogens with zero attached hydrogens (tertiary/aromatic N) is 1. The number of nitriles is 1. The van der Waals surface area contributed by atoms with Gasteiger partial charge in [0, 0.05) is 5.41 Å². The van der Waals surface area contributed by atoms with Crippen LogP contribution in [0, 0.1) is 17.1 Å². The van der Waals surface area contributed by atoms with Crippen LogP contribution in [0.1, 0.15) is 25.0 Å². The first-order valence-electron chi connectivity index (χ1n) is 4.73. The standard InChI is InChI=1S/C12H11BrFNO/c1-12(2,11(16)6-13)9-3-4-10(14)8(5-9)7-15/h3-5H,6H2,1-2H3. The lowest BCUT2D eigenvalue weighted by molar-refractivity contribution is -0.120. The zero-order valence-corrected chi connectivity index (χ0v) is 10.6. The highest BCUT2D eigenvalue weighted by molar-refractivity contribution is 9.09. The van der Waals surface area contributed by atoms with Gasteiger partial charge in [0.2, 0.25) is 0 Å². The summed E-state index contributed by atoms with van der Waals surface area (Å²) in [6.07, 6.45) is 0. The molecule has 2 nitrogen and oxygen atoms in total. The van der Waals surface area contributed by atoms with Crippen LogP contribution in [0.4, 0.5) is 4.39 Å². The van der Waals surface area contributed by atoms with Crippen LogP contribution in [0.2, 0.25) is 0 Å². The van der Waals surface area contributed by atoms with Gasteiger partial charge in [0.15, 0.2) is 5.78 Å². The summed E-state index contributed by atoms with van der Waals surface area (Å²) in [5, 5.41) is 8.96. The molecular weight excluding hydrogens is 273 g/mol. The van der Waals surface area contributed by atoms with E-state index in [1.54, 1.807) is 19.9 Å². The van der Waals surface area contributed by atoms with E-state index in [0.717, 1.165) is 0 Å². The van der Waals surface area contributed by atoms with Crippen LogP contribution in [0.15, 0.2) is 18.2 Å². The number of rotatable bonds is 3. The largest absolute Gasteiger partial charge is 0.298 e. The molecule has 0 aliphatic rings. The fourth-order valence-electron chi connectivity index (χ4n) is 1.33. The first-order valence-corrected chi connectivity index (χ1v) is 5.85. The minimum Gasteiger partial charge on any atom is -0.298 e. The normalized spacial score (nSPS) is 10.9. The van der Waals surface area contributed by atoms with Crippen LogP contribution < -0.4 is 0 Å². The molecule has 0 N–H and O–H groups in total. The van der Waals surface area contributed by atoms with Crippen molar-refractivity contribution in [3.8, 4) is 6.07 Å². The maximum Gasteiger partial charge on any atom is 0.153 e. The minimum absolute atomic E-state index is 0.0111. The highest BCUT2D eigenvalue weighted by Crippen LogP contribution is 2.26. The number of benzene rings is 1. The van der Waals surface area contributed by atoms with Gasteiger partial charge in [-0.1, -0.05) is 22.0 Å². The SMILES string of the molecule is CC(C)(C(=O)CBr)c1ccc(F)c(C#N)c1. The third-order valence-corrected chi connectivity index (χ3v) is 3.14. The summed E-state index contributed by atoms with van der Waals surface area (Å²) in [5.74, 6) is -0.573. The number of halogens is 2. The summed E-state index contributed by atoms with van der Waals surface area (Å²) in [7, 11) is 0. The number of hydrogen-bond donors (Lipinski definition) is 0. The maximum atomic E-state index is 13.1. The van der Waals surface area contributed by atoms with Crippen molar-refractivity contribution in [2.24, 2.45) is 0 Å². The second-order valence-corrected chi connectivity index (χ2v) is 4.55. The van der Waals surface area contributed by atoms with Crippen molar-refractivity contribution in [1.29, 1.82) is 5.26 Å². The van der Waals surface area contributed by atoms with E-state index in [-0.39, 0.29) is 16.7 Å². The Labute approximate surface area is 102 Å². The Morgan fingerprint density at radius 2 is 2.19 bits per heavy atom. The number of carbonyl (C=O) groups is 1. The van der Waals surface area contributed by atoms with Crippen molar-refractivity contribution in [2.45, 2.75) is 19.3 Å². The highest BCUT2D eigenvalue weighted by Gasteiger charge is 2.29. The smallest absolute Gasteiger partial charge is 0.153 e. The Morgan fingerprint density at radius 1 is 1.56 bits per heavy atom. The van der Waals surface area contributed by atoms with Crippen LogP contribution in [-0.2, 0) is 10.2 Å². The molecule has 0 atom stereocenters. The van der Waals surface area contributed by atoms with Crippen LogP contribution >= 0.6 is 15.9 Å². The molecule has 1 aromatic carbocycles. The number of hydrogen-bond acceptors (Lipinski definition) is 2. The molecule has 0 fully saturated rings. The summed E-state index contributed by atoms with van der Waals surface area (Å²) in [6, 6.07) is 5.95. The molecule has 16 heavy (non-hydrogen) atoms. The van der Waals surface area contributed by atoms with E-state index < -0.39 is 11.2 Å². The van der Waals surface area contributed by atoms with E-state index in [1.807, 2.05) is 0 Å². The molecule has 0 spiro atoms. The lowest BCUT2D eigenvalue weighted by Gasteiger charge is -2.22. The molecule has 0 aliphatic carbocycles. The van der Waals surface area contributed by atoms with Gasteiger partial charge in [0.05, 0.1) is 10.9 Å². The minimum atomic E-state index is -0.719. The van der Waals surface area contributed by atoms with Crippen LogP contribution in [0.5, 0.6) is 0 Å². The van der Waals surface area contributed by atoms with Gasteiger partial charge in [-0.05, 0) is 31.5 Å². The van der Waals surface area contributed by atoms with Gasteiger partial charge in [-0.2, -0.15) is 5.26 Å². The summed E-state index contributed by atoms with van der Waals surface area (Å²) in [4.78, 5) is 11.7. The first kappa shape index (κ1) is 12.9. The summed E-state index contributed by atoms with van der Waals surface area (Å²) >= 11 is 3.11. The van der Waals surface area contributed by atoms with E-state index in [1.165, 1.54) is 18.2 Å². The fraction of sp³-hybridized carbons (Fsp3) is 0.333. The molecule has 0 radical (unpaired) electrons. The molecule has 0 heterocycles. The highest BCUT2D eigenvalue weighted by atomic mass is 79.9. The number of Topliss-reactive ketones (excluding diaryl/α,β-unsaturated/α-hetero) is 1. The van der Waals surface area contributed by atoms with Crippen LogP contribution in [0.3, 0.4) is 0 Å². The molecule has 84 valence electrons. The Balaban J connectivity index is 3.25. The molecular formula is C12H11BrFNO. The molecule has 1 rings (SSSR count). The molecule has 1 aromatic rings. The predicted molar refractivity (Wildman–Crippen MR) is 62.9 cm³/mol. The summed E-state index contributed by atoms with van der Waals surface area (Å²) in [6.45, 7) is 3.51. The van der Waals surface area contributed by atoms with E-state index in [9.17, 15) is 9.18 Å². The van der Waals surface area contributed by atoms with Crippen molar-refractivity contribution in [3.05, 3.63) is 35.1 Å². The first-order chi connectivity index (χ1) is 7.43. The second-order valence-electron chi connectivity index (χ2n) is 3.99. The Bertz CT molecular complexity index is 463. The Morgan fingerprint density at radius 3 is 2.69 bits per heavy atom. The van der Waals surface area contributed by atoms with E-state index in [4.69, 9.17) is 5.26 Å². The molecule has 4 heteroatoms. The second kappa shape index (κ2) is 4.75. The molecule has 0 saturated heterocycles. The Hall–Kier alpha value is -1.21. The number of ketones is 1. The fourth-order valence-corrected chi connectivity index (χ4v) is 2.03. The molecule has 0 unspecified atom stereocenters. The summed E-state index contributed by atoms with van der Waals surface area (Å²) in [5.41, 5.74) is -0.106. The molecule has 0 amide bonds. The lowest BCUT2D eigenvalue weighted by atomic mass is 9.80. The quantitative estimate of drug-likeness (QED) is 0.801. The maximum absolute atomic E-state index is 13.1. The Kier molecular flexibility index (Phi) is 3.82. The molecule has 0 aliphatic heterocycles. The van der Waals surface area contributed by atoms with Crippen molar-refractivity contribution < 1.29 is 9.18 Å². The van der Waals surface area contributed by atoms with Gasteiger partial charge >= 0.3 is 0 Å². The van der Waals surface area contributed by atoms with E-state index in [2.05, 4.69) is 15.9 Å². The molecule has 0 bridgehead atoms. The third-order valence-electron chi connectivity index (χ3n) is 2.63. The zero-order valence-electron chi connectivity index (χ0n) is 9.05. The van der Waals surface area contributed by atoms with Gasteiger partial charge in [0.1, 0.15) is 11.9 Å². The average Bonchev–Trinajstić information content (AvgIpc) is 2.28. The van der Waals surface area contributed by atoms with E-state index >= 15 is 0 Å². The zero-order chi connectivity index (χ0) is 12.3. The van der Waals surface area contributed by atoms with Crippen LogP contribution in [-0.4, -0.2) is 11.1 Å². The number of alkyl halides is 1. The monoisotopic (exact) mass is 283 g/mol. The van der Waals surface area contributed by atoms with Gasteiger partial charge in [-0.15, -0.1) is 0 Å². The van der Waals surface area contributed by atoms with Gasteiger partial charge in [0.25, 0.3) is 0 Å². The third kappa shape index (κ3) is 2.30. The van der Waals surface area contributed by atoms with Gasteiger partial charge in [-0.3, -0.25) is 4.79 Å².